The molecule has 0 atom stereocenters. The number of sulfone groups is 1. The molecule has 2 heterocycles. The van der Waals surface area contributed by atoms with E-state index in [9.17, 15) is 26.4 Å². The van der Waals surface area contributed by atoms with Gasteiger partial charge in [-0.25, -0.2) is 13.4 Å². The van der Waals surface area contributed by atoms with Gasteiger partial charge in [0.2, 0.25) is 0 Å². The number of methoxy groups -OCH3 is 1. The van der Waals surface area contributed by atoms with Crippen LogP contribution in [0.15, 0.2) is 12.3 Å². The summed E-state index contributed by atoms with van der Waals surface area (Å²) in [5.74, 6) is 0.000933. The highest BCUT2D eigenvalue weighted by Crippen LogP contribution is 2.40. The Morgan fingerprint density at radius 3 is 2.26 bits per heavy atom. The van der Waals surface area contributed by atoms with E-state index in [1.165, 1.54) is 6.26 Å². The van der Waals surface area contributed by atoms with E-state index in [2.05, 4.69) is 20.7 Å². The average molecular weight is 614 g/mol. The van der Waals surface area contributed by atoms with E-state index in [1.54, 1.807) is 24.1 Å². The number of nitrogens with zero attached hydrogens (tertiary/aromatic N) is 3. The number of pyridine rings is 1. The monoisotopic (exact) mass is 613 g/mol. The van der Waals surface area contributed by atoms with Crippen molar-refractivity contribution in [1.82, 2.24) is 20.1 Å². The van der Waals surface area contributed by atoms with Crippen LogP contribution in [0.5, 0.6) is 5.75 Å². The summed E-state index contributed by atoms with van der Waals surface area (Å²) in [5, 5.41) is 10.5. The standard InChI is InChI=1S/C29H42F3N5O4S/c1-5-37-27(18(2)26(36-37)28(38)35-16-20-8-12-22(13-9-20)42(4,39)40)23-17-34-25(14-24(23)41-3)33-15-19-6-10-21(11-7-19)29(30,31)32/h14,17,19-22H,5-13,15-16H2,1-4H3,(H,33,34)(H,35,38)/t19?,20-,21?,22-. The molecule has 0 aliphatic heterocycles. The Bertz CT molecular complexity index is 1350. The summed E-state index contributed by atoms with van der Waals surface area (Å²) >= 11 is 0. The van der Waals surface area contributed by atoms with Crippen LogP contribution < -0.4 is 15.4 Å². The number of alkyl halides is 3. The van der Waals surface area contributed by atoms with Crippen LogP contribution in [-0.2, 0) is 16.4 Å². The quantitative estimate of drug-likeness (QED) is 0.369. The van der Waals surface area contributed by atoms with Gasteiger partial charge in [0.25, 0.3) is 5.91 Å². The maximum Gasteiger partial charge on any atom is 0.391 e. The first-order valence-corrected chi connectivity index (χ1v) is 16.7. The van der Waals surface area contributed by atoms with Crippen LogP contribution >= 0.6 is 0 Å². The summed E-state index contributed by atoms with van der Waals surface area (Å²) in [4.78, 5) is 17.7. The molecule has 2 saturated carbocycles. The van der Waals surface area contributed by atoms with E-state index in [0.29, 0.717) is 73.7 Å². The molecule has 2 aliphatic rings. The fourth-order valence-corrected chi connectivity index (χ4v) is 7.37. The molecule has 2 aliphatic carbocycles. The number of nitrogens with one attached hydrogen (secondary N) is 2. The number of aryl methyl sites for hydroxylation is 1. The highest BCUT2D eigenvalue weighted by molar-refractivity contribution is 7.91. The number of ether oxygens (including phenoxy) is 1. The van der Waals surface area contributed by atoms with Crippen LogP contribution in [0.3, 0.4) is 0 Å². The van der Waals surface area contributed by atoms with E-state index >= 15 is 0 Å². The highest BCUT2D eigenvalue weighted by Gasteiger charge is 2.41. The summed E-state index contributed by atoms with van der Waals surface area (Å²) in [5.41, 5.74) is 2.41. The van der Waals surface area contributed by atoms with Crippen molar-refractivity contribution in [1.29, 1.82) is 0 Å². The van der Waals surface area contributed by atoms with Gasteiger partial charge < -0.3 is 15.4 Å². The van der Waals surface area contributed by atoms with E-state index in [4.69, 9.17) is 4.74 Å². The lowest BCUT2D eigenvalue weighted by molar-refractivity contribution is -0.183. The molecule has 42 heavy (non-hydrogen) atoms. The van der Waals surface area contributed by atoms with E-state index in [-0.39, 0.29) is 35.8 Å². The third kappa shape index (κ3) is 7.57. The van der Waals surface area contributed by atoms with E-state index < -0.39 is 21.9 Å². The first-order valence-electron chi connectivity index (χ1n) is 14.7. The van der Waals surface area contributed by atoms with Gasteiger partial charge in [0.15, 0.2) is 5.69 Å². The second-order valence-electron chi connectivity index (χ2n) is 11.7. The van der Waals surface area contributed by atoms with Crippen LogP contribution in [0.25, 0.3) is 11.3 Å². The Labute approximate surface area is 245 Å². The fourth-order valence-electron chi connectivity index (χ4n) is 6.25. The summed E-state index contributed by atoms with van der Waals surface area (Å²) in [6.07, 6.45) is 2.93. The summed E-state index contributed by atoms with van der Waals surface area (Å²) in [7, 11) is -1.49. The molecule has 4 rings (SSSR count). The lowest BCUT2D eigenvalue weighted by atomic mass is 9.81. The summed E-state index contributed by atoms with van der Waals surface area (Å²) < 4.78 is 70.0. The van der Waals surface area contributed by atoms with Gasteiger partial charge in [-0.1, -0.05) is 0 Å². The van der Waals surface area contributed by atoms with Crippen LogP contribution in [0, 0.1) is 24.7 Å². The normalized spacial score (nSPS) is 23.4. The van der Waals surface area contributed by atoms with Crippen molar-refractivity contribution in [3.8, 4) is 17.0 Å². The van der Waals surface area contributed by atoms with Crippen molar-refractivity contribution in [3.05, 3.63) is 23.5 Å². The van der Waals surface area contributed by atoms with Gasteiger partial charge in [0, 0.05) is 43.7 Å². The van der Waals surface area contributed by atoms with Gasteiger partial charge in [-0.15, -0.1) is 0 Å². The molecule has 1 amide bonds. The molecule has 0 unspecified atom stereocenters. The van der Waals surface area contributed by atoms with Crippen LogP contribution in [-0.4, -0.2) is 67.0 Å². The Morgan fingerprint density at radius 2 is 1.69 bits per heavy atom. The molecule has 9 nitrogen and oxygen atoms in total. The molecule has 0 spiro atoms. The van der Waals surface area contributed by atoms with Gasteiger partial charge >= 0.3 is 6.18 Å². The van der Waals surface area contributed by atoms with E-state index in [0.717, 1.165) is 18.5 Å². The lowest BCUT2D eigenvalue weighted by Crippen LogP contribution is -2.34. The number of aromatic nitrogens is 3. The van der Waals surface area contributed by atoms with Crippen molar-refractivity contribution in [2.24, 2.45) is 17.8 Å². The third-order valence-corrected chi connectivity index (χ3v) is 10.6. The minimum Gasteiger partial charge on any atom is -0.496 e. The number of carbonyl (C=O) groups excluding carboxylic acids is 1. The maximum absolute atomic E-state index is 13.2. The molecule has 234 valence electrons. The molecule has 0 radical (unpaired) electrons. The van der Waals surface area contributed by atoms with E-state index in [1.807, 2.05) is 13.8 Å². The number of halogens is 3. The van der Waals surface area contributed by atoms with Crippen LogP contribution in [0.2, 0.25) is 0 Å². The highest BCUT2D eigenvalue weighted by atomic mass is 32.2. The van der Waals surface area contributed by atoms with Gasteiger partial charge in [0.1, 0.15) is 21.4 Å². The van der Waals surface area contributed by atoms with Crippen molar-refractivity contribution in [2.75, 3.05) is 31.8 Å². The summed E-state index contributed by atoms with van der Waals surface area (Å²) in [6.45, 7) is 5.28. The first kappa shape index (κ1) is 32.1. The minimum atomic E-state index is -4.12. The predicted molar refractivity (Wildman–Crippen MR) is 155 cm³/mol. The third-order valence-electron chi connectivity index (χ3n) is 8.88. The SMILES string of the molecule is CCn1nc(C(=O)NC[C@H]2CC[C@H](S(C)(=O)=O)CC2)c(C)c1-c1cnc(NCC2CCC(C(F)(F)F)CC2)cc1OC. The fraction of sp³-hybridized carbons (Fsp3) is 0.690. The first-order chi connectivity index (χ1) is 19.8. The molecule has 2 fully saturated rings. The maximum atomic E-state index is 13.2. The van der Waals surface area contributed by atoms with Gasteiger partial charge in [-0.05, 0) is 77.0 Å². The Kier molecular flexibility index (Phi) is 10.1. The zero-order chi connectivity index (χ0) is 30.7. The zero-order valence-corrected chi connectivity index (χ0v) is 25.6. The number of carbonyl (C=O) groups is 1. The number of hydrogen-bond acceptors (Lipinski definition) is 7. The van der Waals surface area contributed by atoms with Crippen molar-refractivity contribution >= 4 is 21.6 Å². The van der Waals surface area contributed by atoms with Crippen LogP contribution in [0.4, 0.5) is 19.0 Å². The largest absolute Gasteiger partial charge is 0.496 e. The molecular weight excluding hydrogens is 571 g/mol. The predicted octanol–water partition coefficient (Wildman–Crippen LogP) is 5.40. The van der Waals surface area contributed by atoms with Crippen molar-refractivity contribution in [2.45, 2.75) is 83.2 Å². The number of hydrogen-bond donors (Lipinski definition) is 2. The molecule has 13 heteroatoms. The second-order valence-corrected chi connectivity index (χ2v) is 14.1. The number of amides is 1. The summed E-state index contributed by atoms with van der Waals surface area (Å²) in [6, 6.07) is 1.76. The Balaban J connectivity index is 1.40. The average Bonchev–Trinajstić information content (AvgIpc) is 3.30. The molecule has 0 saturated heterocycles. The van der Waals surface area contributed by atoms with Gasteiger partial charge in [0.05, 0.1) is 29.5 Å². The number of rotatable bonds is 10. The minimum absolute atomic E-state index is 0.149. The molecule has 2 N–H and O–H groups in total. The lowest BCUT2D eigenvalue weighted by Gasteiger charge is -2.30. The topological polar surface area (TPSA) is 115 Å². The molecular formula is C29H42F3N5O4S. The molecule has 0 bridgehead atoms. The zero-order valence-electron chi connectivity index (χ0n) is 24.8. The van der Waals surface area contributed by atoms with Gasteiger partial charge in [-0.3, -0.25) is 9.48 Å². The smallest absolute Gasteiger partial charge is 0.391 e. The van der Waals surface area contributed by atoms with Crippen molar-refractivity contribution < 1.29 is 31.1 Å². The molecule has 2 aromatic rings. The van der Waals surface area contributed by atoms with Crippen LogP contribution in [0.1, 0.15) is 74.3 Å². The Morgan fingerprint density at radius 1 is 1.07 bits per heavy atom. The molecule has 2 aromatic heterocycles. The second kappa shape index (κ2) is 13.2. The van der Waals surface area contributed by atoms with Crippen molar-refractivity contribution in [3.63, 3.8) is 0 Å². The number of anilines is 1. The Hall–Kier alpha value is -2.83. The molecule has 0 aromatic carbocycles. The van der Waals surface area contributed by atoms with Gasteiger partial charge in [-0.2, -0.15) is 18.3 Å².